The summed E-state index contributed by atoms with van der Waals surface area (Å²) in [7, 11) is 0. The predicted molar refractivity (Wildman–Crippen MR) is 117 cm³/mol. The fraction of sp³-hybridized carbons (Fsp3) is 0.480. The van der Waals surface area contributed by atoms with Crippen molar-refractivity contribution in [2.45, 2.75) is 75.5 Å². The van der Waals surface area contributed by atoms with Crippen LogP contribution in [-0.4, -0.2) is 34.3 Å². The van der Waals surface area contributed by atoms with E-state index in [2.05, 4.69) is 71.3 Å². The summed E-state index contributed by atoms with van der Waals surface area (Å²) in [5.41, 5.74) is 1.76. The van der Waals surface area contributed by atoms with Gasteiger partial charge in [0.25, 0.3) is 0 Å². The van der Waals surface area contributed by atoms with E-state index in [4.69, 9.17) is 4.74 Å². The van der Waals surface area contributed by atoms with E-state index in [9.17, 15) is 4.79 Å². The number of amides is 1. The van der Waals surface area contributed by atoms with Crippen LogP contribution in [0, 0.1) is 0 Å². The minimum Gasteiger partial charge on any atom is -0.444 e. The molecular formula is C25H31N3O2. The Balaban J connectivity index is 1.47. The summed E-state index contributed by atoms with van der Waals surface area (Å²) in [5, 5.41) is 7.90. The largest absolute Gasteiger partial charge is 0.444 e. The van der Waals surface area contributed by atoms with E-state index in [0.717, 1.165) is 19.3 Å². The van der Waals surface area contributed by atoms with E-state index in [1.807, 2.05) is 25.7 Å². The molecule has 0 radical (unpaired) electrons. The molecular weight excluding hydrogens is 374 g/mol. The monoisotopic (exact) mass is 405 g/mol. The molecule has 5 rings (SSSR count). The highest BCUT2D eigenvalue weighted by Crippen LogP contribution is 2.50. The third-order valence-electron chi connectivity index (χ3n) is 6.71. The van der Waals surface area contributed by atoms with Gasteiger partial charge in [0, 0.05) is 12.5 Å². The number of nitrogens with zero attached hydrogens (tertiary/aromatic N) is 1. The number of carbonyl (C=O) groups excluding carboxylic acids is 1. The Morgan fingerprint density at radius 2 is 1.47 bits per heavy atom. The number of hydrogen-bond acceptors (Lipinski definition) is 4. The van der Waals surface area contributed by atoms with E-state index in [0.29, 0.717) is 0 Å². The Bertz CT molecular complexity index is 861. The minimum atomic E-state index is -0.484. The number of benzene rings is 2. The lowest BCUT2D eigenvalue weighted by molar-refractivity contribution is 0.0188. The van der Waals surface area contributed by atoms with Gasteiger partial charge in [0.05, 0.1) is 23.8 Å². The van der Waals surface area contributed by atoms with Crippen LogP contribution in [0.2, 0.25) is 0 Å². The predicted octanol–water partition coefficient (Wildman–Crippen LogP) is 4.53. The standard InChI is InChI=1S/C25H31N3O2/c1-24(2,3)30-23(29)28-19-14-15-20(28)25(16-19)26-21(17-10-6-4-7-11-17)22(27-25)18-12-8-5-9-13-18/h4-13,19-22,26-27H,14-16H2,1-3H3/t19?,20?,21-,22-/m1/s1. The van der Waals surface area contributed by atoms with Crippen molar-refractivity contribution in [2.75, 3.05) is 0 Å². The smallest absolute Gasteiger partial charge is 0.410 e. The number of hydrogen-bond donors (Lipinski definition) is 2. The van der Waals surface area contributed by atoms with Crippen LogP contribution in [0.4, 0.5) is 4.79 Å². The molecule has 4 atom stereocenters. The van der Waals surface area contributed by atoms with Gasteiger partial charge in [-0.15, -0.1) is 0 Å². The molecule has 3 aliphatic rings. The lowest BCUT2D eigenvalue weighted by Crippen LogP contribution is -2.59. The first-order chi connectivity index (χ1) is 14.4. The molecule has 2 aromatic carbocycles. The van der Waals surface area contributed by atoms with Crippen LogP contribution >= 0.6 is 0 Å². The minimum absolute atomic E-state index is 0.0947. The van der Waals surface area contributed by atoms with Crippen molar-refractivity contribution >= 4 is 6.09 Å². The van der Waals surface area contributed by atoms with E-state index < -0.39 is 5.60 Å². The van der Waals surface area contributed by atoms with Crippen molar-refractivity contribution in [1.82, 2.24) is 15.5 Å². The van der Waals surface area contributed by atoms with Crippen LogP contribution in [0.1, 0.15) is 63.2 Å². The molecule has 30 heavy (non-hydrogen) atoms. The van der Waals surface area contributed by atoms with E-state index in [1.165, 1.54) is 11.1 Å². The van der Waals surface area contributed by atoms with Crippen LogP contribution in [-0.2, 0) is 4.74 Å². The fourth-order valence-corrected chi connectivity index (χ4v) is 5.61. The van der Waals surface area contributed by atoms with E-state index in [-0.39, 0.29) is 35.9 Å². The summed E-state index contributed by atoms with van der Waals surface area (Å²) >= 11 is 0. The van der Waals surface area contributed by atoms with Gasteiger partial charge < -0.3 is 4.74 Å². The van der Waals surface area contributed by atoms with Gasteiger partial charge in [-0.1, -0.05) is 60.7 Å². The van der Waals surface area contributed by atoms with Crippen LogP contribution in [0.5, 0.6) is 0 Å². The molecule has 1 amide bonds. The van der Waals surface area contributed by atoms with Gasteiger partial charge in [-0.3, -0.25) is 15.5 Å². The highest BCUT2D eigenvalue weighted by molar-refractivity contribution is 5.70. The number of rotatable bonds is 2. The molecule has 0 saturated carbocycles. The first-order valence-corrected chi connectivity index (χ1v) is 11.0. The third-order valence-corrected chi connectivity index (χ3v) is 6.71. The second-order valence-corrected chi connectivity index (χ2v) is 9.88. The van der Waals surface area contributed by atoms with Crippen molar-refractivity contribution in [3.63, 3.8) is 0 Å². The first kappa shape index (κ1) is 19.6. The van der Waals surface area contributed by atoms with Gasteiger partial charge >= 0.3 is 6.09 Å². The summed E-state index contributed by atoms with van der Waals surface area (Å²) in [4.78, 5) is 15.0. The Morgan fingerprint density at radius 1 is 0.933 bits per heavy atom. The quantitative estimate of drug-likeness (QED) is 0.771. The lowest BCUT2D eigenvalue weighted by Gasteiger charge is -2.35. The van der Waals surface area contributed by atoms with Crippen molar-refractivity contribution in [3.05, 3.63) is 71.8 Å². The van der Waals surface area contributed by atoms with Gasteiger partial charge in [0.2, 0.25) is 0 Å². The van der Waals surface area contributed by atoms with Crippen molar-refractivity contribution in [2.24, 2.45) is 0 Å². The van der Waals surface area contributed by atoms with Gasteiger partial charge in [-0.2, -0.15) is 0 Å². The third kappa shape index (κ3) is 3.30. The number of fused-ring (bicyclic) bond motifs is 3. The Hall–Kier alpha value is -2.37. The SMILES string of the molecule is CC(C)(C)OC(=O)N1C2CCC1C1(C2)N[C@H](c2ccccc2)[C@@H](c2ccccc2)N1. The summed E-state index contributed by atoms with van der Waals surface area (Å²) in [5.74, 6) is 0. The van der Waals surface area contributed by atoms with Gasteiger partial charge in [-0.25, -0.2) is 4.79 Å². The lowest BCUT2D eigenvalue weighted by atomic mass is 9.89. The molecule has 2 unspecified atom stereocenters. The second kappa shape index (κ2) is 7.10. The van der Waals surface area contributed by atoms with Crippen LogP contribution in [0.25, 0.3) is 0 Å². The highest BCUT2D eigenvalue weighted by atomic mass is 16.6. The second-order valence-electron chi connectivity index (χ2n) is 9.88. The molecule has 2 aromatic rings. The van der Waals surface area contributed by atoms with Crippen molar-refractivity contribution < 1.29 is 9.53 Å². The Labute approximate surface area is 178 Å². The Morgan fingerprint density at radius 3 is 1.97 bits per heavy atom. The number of ether oxygens (including phenoxy) is 1. The van der Waals surface area contributed by atoms with Crippen LogP contribution in [0.3, 0.4) is 0 Å². The number of nitrogens with one attached hydrogen (secondary N) is 2. The van der Waals surface area contributed by atoms with Gasteiger partial charge in [0.1, 0.15) is 5.60 Å². The fourth-order valence-electron chi connectivity index (χ4n) is 5.61. The average molecular weight is 406 g/mol. The zero-order chi connectivity index (χ0) is 20.9. The maximum Gasteiger partial charge on any atom is 0.410 e. The highest BCUT2D eigenvalue weighted by Gasteiger charge is 2.62. The maximum atomic E-state index is 13.0. The summed E-state index contributed by atoms with van der Waals surface area (Å²) in [6, 6.07) is 21.9. The molecule has 2 bridgehead atoms. The van der Waals surface area contributed by atoms with Crippen LogP contribution in [0.15, 0.2) is 60.7 Å². The van der Waals surface area contributed by atoms with E-state index in [1.54, 1.807) is 0 Å². The molecule has 3 aliphatic heterocycles. The normalized spacial score (nSPS) is 29.5. The molecule has 3 fully saturated rings. The molecule has 3 saturated heterocycles. The van der Waals surface area contributed by atoms with Crippen molar-refractivity contribution in [1.29, 1.82) is 0 Å². The summed E-state index contributed by atoms with van der Waals surface area (Å²) < 4.78 is 5.76. The number of carbonyl (C=O) groups is 1. The molecule has 0 aliphatic carbocycles. The molecule has 3 heterocycles. The Kier molecular flexibility index (Phi) is 4.64. The maximum absolute atomic E-state index is 13.0. The molecule has 5 nitrogen and oxygen atoms in total. The van der Waals surface area contributed by atoms with Gasteiger partial charge in [-0.05, 0) is 44.7 Å². The first-order valence-electron chi connectivity index (χ1n) is 11.0. The molecule has 5 heteroatoms. The molecule has 2 N–H and O–H groups in total. The molecule has 158 valence electrons. The molecule has 1 spiro atoms. The van der Waals surface area contributed by atoms with Crippen molar-refractivity contribution in [3.8, 4) is 0 Å². The molecule has 0 aromatic heterocycles. The topological polar surface area (TPSA) is 53.6 Å². The van der Waals surface area contributed by atoms with Crippen LogP contribution < -0.4 is 10.6 Å². The zero-order valence-corrected chi connectivity index (χ0v) is 18.0. The average Bonchev–Trinajstić information content (AvgIpc) is 3.39. The van der Waals surface area contributed by atoms with E-state index >= 15 is 0 Å². The van der Waals surface area contributed by atoms with Gasteiger partial charge in [0.15, 0.2) is 0 Å². The zero-order valence-electron chi connectivity index (χ0n) is 18.0. The summed E-state index contributed by atoms with van der Waals surface area (Å²) in [6.45, 7) is 5.80. The summed E-state index contributed by atoms with van der Waals surface area (Å²) in [6.07, 6.45) is 2.76.